The van der Waals surface area contributed by atoms with E-state index in [9.17, 15) is 0 Å². The SMILES string of the molecule is C=C(Cl)/C=C\C(=C)c1nc2c(B3OC(C)(C)C(C)(C)O3)cccc2s1. The van der Waals surface area contributed by atoms with Crippen LogP contribution in [0.5, 0.6) is 0 Å². The summed E-state index contributed by atoms with van der Waals surface area (Å²) in [6, 6.07) is 6.06. The molecule has 2 heterocycles. The van der Waals surface area contributed by atoms with Crippen LogP contribution in [0.15, 0.2) is 48.5 Å². The van der Waals surface area contributed by atoms with E-state index >= 15 is 0 Å². The molecule has 1 aliphatic heterocycles. The maximum Gasteiger partial charge on any atom is 0.497 e. The first kappa shape index (κ1) is 18.4. The Bertz CT molecular complexity index is 869. The fourth-order valence-corrected chi connectivity index (χ4v) is 3.54. The number of para-hydroxylation sites is 1. The van der Waals surface area contributed by atoms with Crippen molar-refractivity contribution in [3.8, 4) is 0 Å². The van der Waals surface area contributed by atoms with Crippen LogP contribution >= 0.6 is 22.9 Å². The number of halogens is 1. The lowest BCUT2D eigenvalue weighted by Crippen LogP contribution is -2.41. The minimum absolute atomic E-state index is 0.383. The predicted octanol–water partition coefficient (Wildman–Crippen LogP) is 4.92. The van der Waals surface area contributed by atoms with Crippen molar-refractivity contribution in [1.82, 2.24) is 4.98 Å². The van der Waals surface area contributed by atoms with Crippen LogP contribution in [0, 0.1) is 0 Å². The highest BCUT2D eigenvalue weighted by Gasteiger charge is 2.52. The summed E-state index contributed by atoms with van der Waals surface area (Å²) in [5.41, 5.74) is 1.86. The highest BCUT2D eigenvalue weighted by molar-refractivity contribution is 7.19. The van der Waals surface area contributed by atoms with Crippen LogP contribution in [0.25, 0.3) is 15.8 Å². The van der Waals surface area contributed by atoms with Crippen molar-refractivity contribution in [2.75, 3.05) is 0 Å². The van der Waals surface area contributed by atoms with Crippen LogP contribution in [0.2, 0.25) is 0 Å². The van der Waals surface area contributed by atoms with Crippen LogP contribution in [0.1, 0.15) is 32.7 Å². The average Bonchev–Trinajstić information content (AvgIpc) is 3.03. The van der Waals surface area contributed by atoms with Crippen molar-refractivity contribution in [2.24, 2.45) is 0 Å². The molecule has 1 aromatic carbocycles. The van der Waals surface area contributed by atoms with Gasteiger partial charge in [0.15, 0.2) is 0 Å². The summed E-state index contributed by atoms with van der Waals surface area (Å²) in [4.78, 5) is 4.77. The quantitative estimate of drug-likeness (QED) is 0.563. The second kappa shape index (κ2) is 6.40. The van der Waals surface area contributed by atoms with Gasteiger partial charge in [0.25, 0.3) is 0 Å². The highest BCUT2D eigenvalue weighted by Crippen LogP contribution is 2.37. The summed E-state index contributed by atoms with van der Waals surface area (Å²) < 4.78 is 13.4. The normalized spacial score (nSPS) is 19.0. The Morgan fingerprint density at radius 2 is 1.80 bits per heavy atom. The van der Waals surface area contributed by atoms with Crippen molar-refractivity contribution in [1.29, 1.82) is 0 Å². The summed E-state index contributed by atoms with van der Waals surface area (Å²) in [5.74, 6) is 0. The van der Waals surface area contributed by atoms with Gasteiger partial charge in [-0.25, -0.2) is 4.98 Å². The number of hydrogen-bond donors (Lipinski definition) is 0. The van der Waals surface area contributed by atoms with Crippen LogP contribution in [-0.2, 0) is 9.31 Å². The molecule has 2 aromatic rings. The second-order valence-corrected chi connectivity index (χ2v) is 8.62. The number of fused-ring (bicyclic) bond motifs is 1. The van der Waals surface area contributed by atoms with Crippen LogP contribution < -0.4 is 5.46 Å². The molecule has 0 radical (unpaired) electrons. The number of aromatic nitrogens is 1. The van der Waals surface area contributed by atoms with Gasteiger partial charge in [-0.2, -0.15) is 0 Å². The van der Waals surface area contributed by atoms with E-state index in [1.165, 1.54) is 0 Å². The van der Waals surface area contributed by atoms with E-state index in [1.807, 2.05) is 52.0 Å². The van der Waals surface area contributed by atoms with Gasteiger partial charge in [-0.05, 0) is 39.8 Å². The molecule has 0 bridgehead atoms. The number of rotatable bonds is 4. The Morgan fingerprint density at radius 1 is 1.16 bits per heavy atom. The third kappa shape index (κ3) is 3.47. The fraction of sp³-hybridized carbons (Fsp3) is 0.316. The standard InChI is InChI=1S/C19H21BClNO2S/c1-12(10-11-13(2)21)17-22-16-14(8-7-9-15(16)25-17)20-23-18(3,4)19(5,6)24-20/h7-11H,1-2H2,3-6H3/b11-10-. The monoisotopic (exact) mass is 373 g/mol. The summed E-state index contributed by atoms with van der Waals surface area (Å²) in [7, 11) is -0.435. The van der Waals surface area contributed by atoms with E-state index in [2.05, 4.69) is 13.2 Å². The highest BCUT2D eigenvalue weighted by atomic mass is 35.5. The fourth-order valence-electron chi connectivity index (χ4n) is 2.53. The molecule has 25 heavy (non-hydrogen) atoms. The Kier molecular flexibility index (Phi) is 4.71. The van der Waals surface area contributed by atoms with Crippen LogP contribution in [0.3, 0.4) is 0 Å². The molecule has 0 spiro atoms. The molecule has 1 aliphatic rings. The second-order valence-electron chi connectivity index (χ2n) is 7.11. The lowest BCUT2D eigenvalue weighted by atomic mass is 9.78. The van der Waals surface area contributed by atoms with Gasteiger partial charge in [-0.15, -0.1) is 11.3 Å². The van der Waals surface area contributed by atoms with Crippen LogP contribution in [0.4, 0.5) is 0 Å². The first-order chi connectivity index (χ1) is 11.6. The van der Waals surface area contributed by atoms with Gasteiger partial charge in [0, 0.05) is 16.1 Å². The molecule has 1 fully saturated rings. The molecule has 130 valence electrons. The lowest BCUT2D eigenvalue weighted by Gasteiger charge is -2.32. The molecule has 3 nitrogen and oxygen atoms in total. The first-order valence-corrected chi connectivity index (χ1v) is 9.27. The van der Waals surface area contributed by atoms with E-state index in [1.54, 1.807) is 17.4 Å². The van der Waals surface area contributed by atoms with Crippen LogP contribution in [-0.4, -0.2) is 23.3 Å². The smallest absolute Gasteiger partial charge is 0.399 e. The minimum Gasteiger partial charge on any atom is -0.399 e. The lowest BCUT2D eigenvalue weighted by molar-refractivity contribution is 0.00578. The van der Waals surface area contributed by atoms with Crippen molar-refractivity contribution in [3.05, 3.63) is 53.5 Å². The number of nitrogens with zero attached hydrogens (tertiary/aromatic N) is 1. The number of thiazole rings is 1. The van der Waals surface area contributed by atoms with E-state index < -0.39 is 7.12 Å². The number of hydrogen-bond acceptors (Lipinski definition) is 4. The summed E-state index contributed by atoms with van der Waals surface area (Å²) in [5, 5.41) is 1.30. The maximum atomic E-state index is 6.18. The number of benzene rings is 1. The first-order valence-electron chi connectivity index (χ1n) is 8.07. The van der Waals surface area contributed by atoms with Crippen molar-refractivity contribution in [3.63, 3.8) is 0 Å². The van der Waals surface area contributed by atoms with E-state index in [0.29, 0.717) is 5.03 Å². The molecular formula is C19H21BClNO2S. The maximum absolute atomic E-state index is 6.18. The van der Waals surface area contributed by atoms with Gasteiger partial charge in [0.1, 0.15) is 5.01 Å². The average molecular weight is 374 g/mol. The molecular weight excluding hydrogens is 353 g/mol. The van der Waals surface area contributed by atoms with Crippen molar-refractivity contribution >= 4 is 51.3 Å². The summed E-state index contributed by atoms with van der Waals surface area (Å²) in [6.45, 7) is 15.9. The van der Waals surface area contributed by atoms with E-state index in [-0.39, 0.29) is 11.2 Å². The van der Waals surface area contributed by atoms with E-state index in [4.69, 9.17) is 25.9 Å². The van der Waals surface area contributed by atoms with Gasteiger partial charge in [0.2, 0.25) is 0 Å². The summed E-state index contributed by atoms with van der Waals surface area (Å²) >= 11 is 7.36. The molecule has 0 atom stereocenters. The van der Waals surface area contributed by atoms with Crippen molar-refractivity contribution in [2.45, 2.75) is 38.9 Å². The Hall–Kier alpha value is -1.40. The zero-order chi connectivity index (χ0) is 18.4. The van der Waals surface area contributed by atoms with E-state index in [0.717, 1.165) is 26.3 Å². The van der Waals surface area contributed by atoms with Gasteiger partial charge in [0.05, 0.1) is 21.4 Å². The molecule has 6 heteroatoms. The summed E-state index contributed by atoms with van der Waals surface area (Å²) in [6.07, 6.45) is 3.53. The predicted molar refractivity (Wildman–Crippen MR) is 109 cm³/mol. The zero-order valence-electron chi connectivity index (χ0n) is 14.9. The van der Waals surface area contributed by atoms with Gasteiger partial charge >= 0.3 is 7.12 Å². The molecule has 3 rings (SSSR count). The molecule has 1 saturated heterocycles. The number of allylic oxidation sites excluding steroid dienone is 4. The van der Waals surface area contributed by atoms with Crippen molar-refractivity contribution < 1.29 is 9.31 Å². The largest absolute Gasteiger partial charge is 0.497 e. The zero-order valence-corrected chi connectivity index (χ0v) is 16.5. The third-order valence-corrected chi connectivity index (χ3v) is 5.92. The Balaban J connectivity index is 1.99. The molecule has 1 aromatic heterocycles. The van der Waals surface area contributed by atoms with Gasteiger partial charge in [-0.1, -0.05) is 43.0 Å². The topological polar surface area (TPSA) is 31.4 Å². The Labute approximate surface area is 158 Å². The molecule has 0 saturated carbocycles. The van der Waals surface area contributed by atoms with Gasteiger partial charge in [-0.3, -0.25) is 0 Å². The van der Waals surface area contributed by atoms with Gasteiger partial charge < -0.3 is 9.31 Å². The Morgan fingerprint density at radius 3 is 2.40 bits per heavy atom. The minimum atomic E-state index is -0.435. The molecule has 0 N–H and O–H groups in total. The molecule has 0 aliphatic carbocycles. The molecule has 0 amide bonds. The third-order valence-electron chi connectivity index (χ3n) is 4.70. The molecule has 0 unspecified atom stereocenters.